The van der Waals surface area contributed by atoms with E-state index in [0.29, 0.717) is 6.04 Å². The minimum atomic E-state index is 0.430. The number of piperazine rings is 1. The Morgan fingerprint density at radius 1 is 1.32 bits per heavy atom. The zero-order chi connectivity index (χ0) is 15.8. The number of methoxy groups -OCH3 is 1. The van der Waals surface area contributed by atoms with Crippen molar-refractivity contribution in [3.63, 3.8) is 0 Å². The molecule has 0 radical (unpaired) electrons. The van der Waals surface area contributed by atoms with E-state index in [-0.39, 0.29) is 0 Å². The molecule has 1 aliphatic rings. The maximum absolute atomic E-state index is 5.41. The standard InChI is InChI=1S/C18H31N3O/c1-4-5-11-20(2)18(15-21-12-9-19-10-13-21)16-7-6-8-17(14-16)22-3/h6-8,14,18-19H,4-5,9-13,15H2,1-3H3. The van der Waals surface area contributed by atoms with E-state index in [2.05, 4.69) is 47.3 Å². The Kier molecular flexibility index (Phi) is 7.16. The molecule has 0 spiro atoms. The van der Waals surface area contributed by atoms with Gasteiger partial charge in [0.25, 0.3) is 0 Å². The van der Waals surface area contributed by atoms with Crippen LogP contribution in [0.15, 0.2) is 24.3 Å². The molecule has 2 rings (SSSR count). The molecule has 1 aromatic rings. The van der Waals surface area contributed by atoms with Crippen LogP contribution in [-0.2, 0) is 0 Å². The van der Waals surface area contributed by atoms with Crippen LogP contribution in [0.2, 0.25) is 0 Å². The molecule has 124 valence electrons. The van der Waals surface area contributed by atoms with E-state index >= 15 is 0 Å². The Morgan fingerprint density at radius 3 is 2.77 bits per heavy atom. The molecule has 1 unspecified atom stereocenters. The topological polar surface area (TPSA) is 27.7 Å². The van der Waals surface area contributed by atoms with Crippen molar-refractivity contribution in [1.29, 1.82) is 0 Å². The number of benzene rings is 1. The van der Waals surface area contributed by atoms with Crippen LogP contribution in [0, 0.1) is 0 Å². The summed E-state index contributed by atoms with van der Waals surface area (Å²) in [5.41, 5.74) is 1.36. The molecule has 0 aromatic heterocycles. The van der Waals surface area contributed by atoms with Gasteiger partial charge in [-0.05, 0) is 37.7 Å². The van der Waals surface area contributed by atoms with Crippen LogP contribution in [0.25, 0.3) is 0 Å². The minimum absolute atomic E-state index is 0.430. The number of nitrogens with one attached hydrogen (secondary N) is 1. The van der Waals surface area contributed by atoms with Gasteiger partial charge in [-0.1, -0.05) is 25.5 Å². The molecule has 4 heteroatoms. The fourth-order valence-corrected chi connectivity index (χ4v) is 3.05. The number of nitrogens with zero attached hydrogens (tertiary/aromatic N) is 2. The second-order valence-corrected chi connectivity index (χ2v) is 6.18. The zero-order valence-electron chi connectivity index (χ0n) is 14.3. The van der Waals surface area contributed by atoms with E-state index in [1.165, 1.54) is 18.4 Å². The highest BCUT2D eigenvalue weighted by Crippen LogP contribution is 2.25. The number of ether oxygens (including phenoxy) is 1. The van der Waals surface area contributed by atoms with Crippen LogP contribution >= 0.6 is 0 Å². The maximum atomic E-state index is 5.41. The molecular weight excluding hydrogens is 274 g/mol. The smallest absolute Gasteiger partial charge is 0.119 e. The summed E-state index contributed by atoms with van der Waals surface area (Å²) in [6.45, 7) is 8.97. The lowest BCUT2D eigenvalue weighted by Gasteiger charge is -2.35. The van der Waals surface area contributed by atoms with Gasteiger partial charge in [0.2, 0.25) is 0 Å². The van der Waals surface area contributed by atoms with Crippen molar-refractivity contribution in [2.24, 2.45) is 0 Å². The number of rotatable bonds is 8. The highest BCUT2D eigenvalue weighted by atomic mass is 16.5. The summed E-state index contributed by atoms with van der Waals surface area (Å²) >= 11 is 0. The van der Waals surface area contributed by atoms with Gasteiger partial charge < -0.3 is 10.1 Å². The Labute approximate surface area is 135 Å². The van der Waals surface area contributed by atoms with Crippen LogP contribution in [-0.4, -0.2) is 63.2 Å². The van der Waals surface area contributed by atoms with Crippen molar-refractivity contribution < 1.29 is 4.74 Å². The Bertz CT molecular complexity index is 432. The third kappa shape index (κ3) is 4.97. The van der Waals surface area contributed by atoms with E-state index in [9.17, 15) is 0 Å². The first-order chi connectivity index (χ1) is 10.7. The SMILES string of the molecule is CCCCN(C)C(CN1CCNCC1)c1cccc(OC)c1. The summed E-state index contributed by atoms with van der Waals surface area (Å²) in [7, 11) is 3.99. The first kappa shape index (κ1) is 17.3. The molecule has 1 aromatic carbocycles. The summed E-state index contributed by atoms with van der Waals surface area (Å²) in [6.07, 6.45) is 2.49. The molecule has 1 N–H and O–H groups in total. The van der Waals surface area contributed by atoms with Crippen LogP contribution in [0.1, 0.15) is 31.4 Å². The fraction of sp³-hybridized carbons (Fsp3) is 0.667. The molecule has 22 heavy (non-hydrogen) atoms. The third-order valence-electron chi connectivity index (χ3n) is 4.52. The Balaban J connectivity index is 2.11. The third-order valence-corrected chi connectivity index (χ3v) is 4.52. The van der Waals surface area contributed by atoms with E-state index in [0.717, 1.165) is 45.0 Å². The van der Waals surface area contributed by atoms with Crippen molar-refractivity contribution >= 4 is 0 Å². The van der Waals surface area contributed by atoms with Gasteiger partial charge in [0.15, 0.2) is 0 Å². The quantitative estimate of drug-likeness (QED) is 0.798. The van der Waals surface area contributed by atoms with E-state index < -0.39 is 0 Å². The Hall–Kier alpha value is -1.10. The van der Waals surface area contributed by atoms with Crippen LogP contribution in [0.3, 0.4) is 0 Å². The average molecular weight is 305 g/mol. The van der Waals surface area contributed by atoms with Crippen molar-refractivity contribution in [3.05, 3.63) is 29.8 Å². The second kappa shape index (κ2) is 9.13. The molecule has 1 saturated heterocycles. The van der Waals surface area contributed by atoms with Gasteiger partial charge in [-0.3, -0.25) is 9.80 Å². The van der Waals surface area contributed by atoms with E-state index in [1.807, 2.05) is 6.07 Å². The molecule has 0 aliphatic carbocycles. The van der Waals surface area contributed by atoms with Crippen molar-refractivity contribution in [2.45, 2.75) is 25.8 Å². The molecule has 1 fully saturated rings. The fourth-order valence-electron chi connectivity index (χ4n) is 3.05. The van der Waals surface area contributed by atoms with Gasteiger partial charge >= 0.3 is 0 Å². The highest BCUT2D eigenvalue weighted by Gasteiger charge is 2.21. The second-order valence-electron chi connectivity index (χ2n) is 6.18. The molecule has 0 bridgehead atoms. The maximum Gasteiger partial charge on any atom is 0.119 e. The van der Waals surface area contributed by atoms with Gasteiger partial charge in [-0.15, -0.1) is 0 Å². The lowest BCUT2D eigenvalue weighted by atomic mass is 10.0. The summed E-state index contributed by atoms with van der Waals surface area (Å²) in [5.74, 6) is 0.951. The summed E-state index contributed by atoms with van der Waals surface area (Å²) in [6, 6.07) is 8.98. The predicted octanol–water partition coefficient (Wildman–Crippen LogP) is 2.37. The van der Waals surface area contributed by atoms with Crippen LogP contribution in [0.5, 0.6) is 5.75 Å². The minimum Gasteiger partial charge on any atom is -0.497 e. The normalized spacial score (nSPS) is 17.6. The van der Waals surface area contributed by atoms with Crippen LogP contribution < -0.4 is 10.1 Å². The summed E-state index contributed by atoms with van der Waals surface area (Å²) in [4.78, 5) is 5.07. The Morgan fingerprint density at radius 2 is 2.09 bits per heavy atom. The summed E-state index contributed by atoms with van der Waals surface area (Å²) < 4.78 is 5.41. The first-order valence-corrected chi connectivity index (χ1v) is 8.52. The highest BCUT2D eigenvalue weighted by molar-refractivity contribution is 5.30. The van der Waals surface area contributed by atoms with Crippen LogP contribution in [0.4, 0.5) is 0 Å². The molecule has 1 atom stereocenters. The predicted molar refractivity (Wildman–Crippen MR) is 92.6 cm³/mol. The van der Waals surface area contributed by atoms with Crippen molar-refractivity contribution in [3.8, 4) is 5.75 Å². The van der Waals surface area contributed by atoms with Gasteiger partial charge in [0, 0.05) is 38.8 Å². The average Bonchev–Trinajstić information content (AvgIpc) is 2.58. The van der Waals surface area contributed by atoms with Gasteiger partial charge in [0.1, 0.15) is 5.75 Å². The largest absolute Gasteiger partial charge is 0.497 e. The number of hydrogen-bond acceptors (Lipinski definition) is 4. The molecule has 0 saturated carbocycles. The molecular formula is C18H31N3O. The molecule has 4 nitrogen and oxygen atoms in total. The zero-order valence-corrected chi connectivity index (χ0v) is 14.3. The van der Waals surface area contributed by atoms with Crippen molar-refractivity contribution in [2.75, 3.05) is 53.4 Å². The lowest BCUT2D eigenvalue weighted by molar-refractivity contribution is 0.149. The van der Waals surface area contributed by atoms with Gasteiger partial charge in [-0.2, -0.15) is 0 Å². The lowest BCUT2D eigenvalue weighted by Crippen LogP contribution is -2.47. The van der Waals surface area contributed by atoms with E-state index in [1.54, 1.807) is 7.11 Å². The van der Waals surface area contributed by atoms with Gasteiger partial charge in [0.05, 0.1) is 7.11 Å². The van der Waals surface area contributed by atoms with Crippen molar-refractivity contribution in [1.82, 2.24) is 15.1 Å². The van der Waals surface area contributed by atoms with E-state index in [4.69, 9.17) is 4.74 Å². The number of hydrogen-bond donors (Lipinski definition) is 1. The first-order valence-electron chi connectivity index (χ1n) is 8.52. The number of likely N-dealkylation sites (N-methyl/N-ethyl adjacent to an activating group) is 1. The summed E-state index contributed by atoms with van der Waals surface area (Å²) in [5, 5.41) is 3.43. The molecule has 0 amide bonds. The number of unbranched alkanes of at least 4 members (excludes halogenated alkanes) is 1. The monoisotopic (exact) mass is 305 g/mol. The molecule has 1 aliphatic heterocycles. The van der Waals surface area contributed by atoms with Gasteiger partial charge in [-0.25, -0.2) is 0 Å². The molecule has 1 heterocycles.